The van der Waals surface area contributed by atoms with E-state index in [-0.39, 0.29) is 42.8 Å². The summed E-state index contributed by atoms with van der Waals surface area (Å²) in [5.41, 5.74) is -0.914. The van der Waals surface area contributed by atoms with Crippen molar-refractivity contribution in [3.8, 4) is 0 Å². The Bertz CT molecular complexity index is 647. The first kappa shape index (κ1) is 27.9. The van der Waals surface area contributed by atoms with Crippen molar-refractivity contribution < 1.29 is 24.2 Å². The quantitative estimate of drug-likeness (QED) is 0.214. The number of ether oxygens (including phenoxy) is 1. The number of rotatable bonds is 14. The molecule has 0 heterocycles. The van der Waals surface area contributed by atoms with Gasteiger partial charge in [-0.1, -0.05) is 45.8 Å². The molecule has 0 saturated heterocycles. The molecule has 0 radical (unpaired) electrons. The molecule has 0 aromatic carbocycles. The standard InChI is InChI=1S/C25H42N2O5/c1-6-8-9-13-22(30)32-17-20(24(3,4)5)26-23(31)19(12-7-2)16-21(29)27-25(18-28)14-10-11-15-25/h6-7,19-20,28H,1-2,8-18H2,3-5H3,(H,26,31)(H,27,29)/t19-,20-/m1/s1. The van der Waals surface area contributed by atoms with Crippen LogP contribution in [0.4, 0.5) is 0 Å². The minimum Gasteiger partial charge on any atom is -0.463 e. The molecule has 1 saturated carbocycles. The maximum absolute atomic E-state index is 13.0. The van der Waals surface area contributed by atoms with Crippen LogP contribution in [0.25, 0.3) is 0 Å². The zero-order valence-electron chi connectivity index (χ0n) is 20.1. The maximum Gasteiger partial charge on any atom is 0.305 e. The Balaban J connectivity index is 2.72. The zero-order valence-corrected chi connectivity index (χ0v) is 20.1. The van der Waals surface area contributed by atoms with Gasteiger partial charge < -0.3 is 20.5 Å². The molecule has 1 aliphatic rings. The maximum atomic E-state index is 13.0. The van der Waals surface area contributed by atoms with Crippen molar-refractivity contribution in [1.29, 1.82) is 0 Å². The van der Waals surface area contributed by atoms with Crippen LogP contribution < -0.4 is 10.6 Å². The highest BCUT2D eigenvalue weighted by atomic mass is 16.5. The molecule has 182 valence electrons. The summed E-state index contributed by atoms with van der Waals surface area (Å²) in [6.45, 7) is 13.2. The summed E-state index contributed by atoms with van der Waals surface area (Å²) < 4.78 is 5.40. The first-order valence-corrected chi connectivity index (χ1v) is 11.7. The van der Waals surface area contributed by atoms with Gasteiger partial charge in [0.1, 0.15) is 6.61 Å². The van der Waals surface area contributed by atoms with E-state index in [9.17, 15) is 19.5 Å². The lowest BCUT2D eigenvalue weighted by molar-refractivity contribution is -0.146. The summed E-state index contributed by atoms with van der Waals surface area (Å²) in [5, 5.41) is 15.7. The topological polar surface area (TPSA) is 105 Å². The Morgan fingerprint density at radius 3 is 2.34 bits per heavy atom. The Morgan fingerprint density at radius 2 is 1.81 bits per heavy atom. The third-order valence-electron chi connectivity index (χ3n) is 6.08. The van der Waals surface area contributed by atoms with E-state index < -0.39 is 17.5 Å². The predicted octanol–water partition coefficient (Wildman–Crippen LogP) is 3.42. The number of amides is 2. The smallest absolute Gasteiger partial charge is 0.305 e. The normalized spacial score (nSPS) is 17.1. The van der Waals surface area contributed by atoms with Crippen LogP contribution in [0.5, 0.6) is 0 Å². The molecule has 32 heavy (non-hydrogen) atoms. The summed E-state index contributed by atoms with van der Waals surface area (Å²) in [7, 11) is 0. The molecule has 1 fully saturated rings. The third kappa shape index (κ3) is 9.55. The number of allylic oxidation sites excluding steroid dienone is 2. The molecule has 0 aliphatic heterocycles. The average Bonchev–Trinajstić information content (AvgIpc) is 3.18. The van der Waals surface area contributed by atoms with Crippen LogP contribution in [0, 0.1) is 11.3 Å². The lowest BCUT2D eigenvalue weighted by Gasteiger charge is -2.32. The van der Waals surface area contributed by atoms with Crippen LogP contribution in [-0.4, -0.2) is 47.7 Å². The van der Waals surface area contributed by atoms with E-state index >= 15 is 0 Å². The van der Waals surface area contributed by atoms with Crippen molar-refractivity contribution >= 4 is 17.8 Å². The van der Waals surface area contributed by atoms with Gasteiger partial charge in [0, 0.05) is 12.8 Å². The van der Waals surface area contributed by atoms with Gasteiger partial charge in [-0.25, -0.2) is 0 Å². The fourth-order valence-electron chi connectivity index (χ4n) is 3.87. The number of nitrogens with one attached hydrogen (secondary N) is 2. The van der Waals surface area contributed by atoms with Crippen molar-refractivity contribution in [1.82, 2.24) is 10.6 Å². The summed E-state index contributed by atoms with van der Waals surface area (Å²) >= 11 is 0. The van der Waals surface area contributed by atoms with Gasteiger partial charge in [0.05, 0.1) is 24.1 Å². The molecule has 0 aromatic rings. The van der Waals surface area contributed by atoms with E-state index in [0.717, 1.165) is 32.1 Å². The highest BCUT2D eigenvalue weighted by Crippen LogP contribution is 2.29. The summed E-state index contributed by atoms with van der Waals surface area (Å²) in [5.74, 6) is -1.41. The molecule has 1 aliphatic carbocycles. The molecule has 1 rings (SSSR count). The fraction of sp³-hybridized carbons (Fsp3) is 0.720. The molecule has 7 heteroatoms. The molecule has 0 bridgehead atoms. The lowest BCUT2D eigenvalue weighted by atomic mass is 9.86. The molecular weight excluding hydrogens is 408 g/mol. The Morgan fingerprint density at radius 1 is 1.16 bits per heavy atom. The number of hydrogen-bond acceptors (Lipinski definition) is 5. The van der Waals surface area contributed by atoms with E-state index in [2.05, 4.69) is 23.8 Å². The Kier molecular flexibility index (Phi) is 11.7. The number of unbranched alkanes of at least 4 members (excludes halogenated alkanes) is 1. The van der Waals surface area contributed by atoms with Crippen molar-refractivity contribution in [2.24, 2.45) is 11.3 Å². The van der Waals surface area contributed by atoms with E-state index in [1.807, 2.05) is 20.8 Å². The molecule has 3 N–H and O–H groups in total. The SMILES string of the molecule is C=CCCCC(=O)OC[C@@H](NC(=O)[C@H](CC=C)CC(=O)NC1(CO)CCCC1)C(C)(C)C. The number of carbonyl (C=O) groups excluding carboxylic acids is 3. The van der Waals surface area contributed by atoms with Gasteiger partial charge in [-0.2, -0.15) is 0 Å². The predicted molar refractivity (Wildman–Crippen MR) is 126 cm³/mol. The first-order chi connectivity index (χ1) is 15.1. The van der Waals surface area contributed by atoms with Gasteiger partial charge in [-0.3, -0.25) is 14.4 Å². The number of aliphatic hydroxyl groups excluding tert-OH is 1. The van der Waals surface area contributed by atoms with E-state index in [4.69, 9.17) is 4.74 Å². The molecule has 2 atom stereocenters. The van der Waals surface area contributed by atoms with Crippen molar-refractivity contribution in [3.05, 3.63) is 25.3 Å². The summed E-state index contributed by atoms with van der Waals surface area (Å²) in [6.07, 6.45) is 8.92. The Labute approximate surface area is 193 Å². The van der Waals surface area contributed by atoms with Gasteiger partial charge >= 0.3 is 5.97 Å². The number of aliphatic hydroxyl groups is 1. The average molecular weight is 451 g/mol. The highest BCUT2D eigenvalue weighted by Gasteiger charge is 2.36. The number of carbonyl (C=O) groups is 3. The molecule has 7 nitrogen and oxygen atoms in total. The van der Waals surface area contributed by atoms with Gasteiger partial charge in [-0.05, 0) is 37.5 Å². The molecule has 2 amide bonds. The molecular formula is C25H42N2O5. The van der Waals surface area contributed by atoms with Crippen LogP contribution in [0.3, 0.4) is 0 Å². The second-order valence-electron chi connectivity index (χ2n) is 9.91. The lowest BCUT2D eigenvalue weighted by Crippen LogP contribution is -2.51. The van der Waals surface area contributed by atoms with Crippen LogP contribution in [-0.2, 0) is 19.1 Å². The monoisotopic (exact) mass is 450 g/mol. The van der Waals surface area contributed by atoms with Crippen molar-refractivity contribution in [2.45, 2.75) is 90.1 Å². The van der Waals surface area contributed by atoms with Gasteiger partial charge in [0.2, 0.25) is 11.8 Å². The van der Waals surface area contributed by atoms with Crippen LogP contribution in [0.1, 0.15) is 78.6 Å². The zero-order chi connectivity index (χ0) is 24.2. The first-order valence-electron chi connectivity index (χ1n) is 11.7. The minimum absolute atomic E-state index is 0.0117. The van der Waals surface area contributed by atoms with E-state index in [0.29, 0.717) is 19.3 Å². The number of hydrogen-bond donors (Lipinski definition) is 3. The summed E-state index contributed by atoms with van der Waals surface area (Å²) in [4.78, 5) is 37.7. The van der Waals surface area contributed by atoms with E-state index in [1.54, 1.807) is 12.2 Å². The van der Waals surface area contributed by atoms with Crippen molar-refractivity contribution in [2.75, 3.05) is 13.2 Å². The number of esters is 1. The second kappa shape index (κ2) is 13.4. The Hall–Kier alpha value is -2.15. The van der Waals surface area contributed by atoms with Gasteiger partial charge in [0.25, 0.3) is 0 Å². The molecule has 0 spiro atoms. The minimum atomic E-state index is -0.585. The van der Waals surface area contributed by atoms with E-state index in [1.165, 1.54) is 0 Å². The second-order valence-corrected chi connectivity index (χ2v) is 9.91. The van der Waals surface area contributed by atoms with Gasteiger partial charge in [0.15, 0.2) is 0 Å². The molecule has 0 unspecified atom stereocenters. The fourth-order valence-corrected chi connectivity index (χ4v) is 3.87. The van der Waals surface area contributed by atoms with Crippen LogP contribution in [0.15, 0.2) is 25.3 Å². The largest absolute Gasteiger partial charge is 0.463 e. The van der Waals surface area contributed by atoms with Crippen molar-refractivity contribution in [3.63, 3.8) is 0 Å². The van der Waals surface area contributed by atoms with Crippen LogP contribution >= 0.6 is 0 Å². The van der Waals surface area contributed by atoms with Gasteiger partial charge in [-0.15, -0.1) is 13.2 Å². The third-order valence-corrected chi connectivity index (χ3v) is 6.08. The summed E-state index contributed by atoms with van der Waals surface area (Å²) in [6, 6.07) is -0.396. The highest BCUT2D eigenvalue weighted by molar-refractivity contribution is 5.86. The molecule has 0 aromatic heterocycles. The van der Waals surface area contributed by atoms with Crippen LogP contribution in [0.2, 0.25) is 0 Å².